The number of hydrogen-bond acceptors (Lipinski definition) is 3. The van der Waals surface area contributed by atoms with Crippen molar-refractivity contribution in [2.24, 2.45) is 0 Å². The largest absolute Gasteiger partial charge is 0.369 e. The summed E-state index contributed by atoms with van der Waals surface area (Å²) in [6.45, 7) is 8.23. The van der Waals surface area contributed by atoms with E-state index in [0.29, 0.717) is 5.82 Å². The van der Waals surface area contributed by atoms with Crippen LogP contribution in [0.5, 0.6) is 0 Å². The minimum atomic E-state index is -0.439. The first-order chi connectivity index (χ1) is 7.76. The van der Waals surface area contributed by atoms with Crippen molar-refractivity contribution in [3.8, 4) is 0 Å². The van der Waals surface area contributed by atoms with Crippen molar-refractivity contribution in [3.05, 3.63) is 24.1 Å². The van der Waals surface area contributed by atoms with Crippen molar-refractivity contribution in [3.63, 3.8) is 0 Å². The molecule has 1 aromatic heterocycles. The molecule has 0 amide bonds. The molecule has 1 aromatic rings. The predicted molar refractivity (Wildman–Crippen MR) is 65.1 cm³/mol. The summed E-state index contributed by atoms with van der Waals surface area (Å²) in [7, 11) is 0. The molecule has 0 atom stereocenters. The second-order valence-corrected chi connectivity index (χ2v) is 3.71. The summed E-state index contributed by atoms with van der Waals surface area (Å²) in [5, 5.41) is 3.12. The molecule has 0 radical (unpaired) electrons. The van der Waals surface area contributed by atoms with Crippen LogP contribution in [0.2, 0.25) is 0 Å². The molecule has 16 heavy (non-hydrogen) atoms. The molecule has 90 valence electrons. The highest BCUT2D eigenvalue weighted by atomic mass is 19.1. The van der Waals surface area contributed by atoms with Crippen molar-refractivity contribution in [1.82, 2.24) is 9.88 Å². The Morgan fingerprint density at radius 2 is 2.12 bits per heavy atom. The molecule has 0 aliphatic carbocycles. The Kier molecular flexibility index (Phi) is 5.78. The Labute approximate surface area is 96.7 Å². The number of nitrogens with one attached hydrogen (secondary N) is 1. The van der Waals surface area contributed by atoms with E-state index < -0.39 is 5.95 Å². The van der Waals surface area contributed by atoms with E-state index >= 15 is 0 Å². The number of likely N-dealkylation sites (N-methyl/N-ethyl adjacent to an activating group) is 1. The van der Waals surface area contributed by atoms with Gasteiger partial charge in [-0.05, 0) is 31.6 Å². The number of anilines is 1. The van der Waals surface area contributed by atoms with Crippen molar-refractivity contribution >= 4 is 5.82 Å². The molecule has 0 bridgehead atoms. The fourth-order valence-electron chi connectivity index (χ4n) is 1.59. The number of nitrogens with zero attached hydrogens (tertiary/aromatic N) is 2. The van der Waals surface area contributed by atoms with Crippen molar-refractivity contribution < 1.29 is 4.39 Å². The van der Waals surface area contributed by atoms with E-state index in [1.807, 2.05) is 0 Å². The van der Waals surface area contributed by atoms with Crippen LogP contribution in [0.1, 0.15) is 20.3 Å². The van der Waals surface area contributed by atoms with Gasteiger partial charge in [0.25, 0.3) is 0 Å². The lowest BCUT2D eigenvalue weighted by atomic mass is 10.4. The van der Waals surface area contributed by atoms with Crippen molar-refractivity contribution in [1.29, 1.82) is 0 Å². The normalized spacial score (nSPS) is 10.8. The van der Waals surface area contributed by atoms with Crippen LogP contribution in [0.3, 0.4) is 0 Å². The second kappa shape index (κ2) is 7.17. The minimum absolute atomic E-state index is 0.439. The summed E-state index contributed by atoms with van der Waals surface area (Å²) in [5.41, 5.74) is 0. The number of rotatable bonds is 7. The average molecular weight is 225 g/mol. The summed E-state index contributed by atoms with van der Waals surface area (Å²) in [5.74, 6) is 0.165. The van der Waals surface area contributed by atoms with Gasteiger partial charge < -0.3 is 10.2 Å². The van der Waals surface area contributed by atoms with Gasteiger partial charge in [-0.2, -0.15) is 4.39 Å². The van der Waals surface area contributed by atoms with E-state index in [0.717, 1.165) is 32.6 Å². The van der Waals surface area contributed by atoms with Gasteiger partial charge in [-0.25, -0.2) is 4.98 Å². The zero-order chi connectivity index (χ0) is 11.8. The predicted octanol–water partition coefficient (Wildman–Crippen LogP) is 2.36. The smallest absolute Gasteiger partial charge is 0.214 e. The molecule has 0 unspecified atom stereocenters. The Hall–Kier alpha value is -1.16. The van der Waals surface area contributed by atoms with E-state index in [2.05, 4.69) is 29.0 Å². The summed E-state index contributed by atoms with van der Waals surface area (Å²) in [6.07, 6.45) is 1.16. The van der Waals surface area contributed by atoms with Gasteiger partial charge >= 0.3 is 0 Å². The Morgan fingerprint density at radius 3 is 2.75 bits per heavy atom. The standard InChI is InChI=1S/C12H20FN3/c1-3-9-16(4-2)10-8-14-12-7-5-6-11(13)15-12/h5-7H,3-4,8-10H2,1-2H3,(H,14,15). The molecule has 1 rings (SSSR count). The summed E-state index contributed by atoms with van der Waals surface area (Å²) < 4.78 is 12.8. The average Bonchev–Trinajstić information content (AvgIpc) is 2.28. The second-order valence-electron chi connectivity index (χ2n) is 3.71. The lowest BCUT2D eigenvalue weighted by molar-refractivity contribution is 0.300. The highest BCUT2D eigenvalue weighted by molar-refractivity contribution is 5.33. The fraction of sp³-hybridized carbons (Fsp3) is 0.583. The van der Waals surface area contributed by atoms with Crippen LogP contribution in [0.4, 0.5) is 10.2 Å². The summed E-state index contributed by atoms with van der Waals surface area (Å²) >= 11 is 0. The van der Waals surface area contributed by atoms with Gasteiger partial charge in [0.15, 0.2) is 0 Å². The Bertz CT molecular complexity index is 304. The lowest BCUT2D eigenvalue weighted by Crippen LogP contribution is -2.29. The maximum Gasteiger partial charge on any atom is 0.214 e. The maximum absolute atomic E-state index is 12.8. The van der Waals surface area contributed by atoms with Gasteiger partial charge in [0.1, 0.15) is 5.82 Å². The van der Waals surface area contributed by atoms with Gasteiger partial charge in [-0.15, -0.1) is 0 Å². The summed E-state index contributed by atoms with van der Waals surface area (Å²) in [4.78, 5) is 6.10. The third-order valence-electron chi connectivity index (χ3n) is 2.44. The summed E-state index contributed by atoms with van der Waals surface area (Å²) in [6, 6.07) is 4.79. The van der Waals surface area contributed by atoms with Crippen LogP contribution in [-0.2, 0) is 0 Å². The van der Waals surface area contributed by atoms with Gasteiger partial charge in [-0.1, -0.05) is 19.9 Å². The van der Waals surface area contributed by atoms with Crippen LogP contribution < -0.4 is 5.32 Å². The third-order valence-corrected chi connectivity index (χ3v) is 2.44. The van der Waals surface area contributed by atoms with E-state index in [9.17, 15) is 4.39 Å². The monoisotopic (exact) mass is 225 g/mol. The molecule has 1 N–H and O–H groups in total. The first kappa shape index (κ1) is 12.9. The number of hydrogen-bond donors (Lipinski definition) is 1. The highest BCUT2D eigenvalue weighted by Gasteiger charge is 2.00. The van der Waals surface area contributed by atoms with E-state index in [1.54, 1.807) is 12.1 Å². The molecule has 0 spiro atoms. The van der Waals surface area contributed by atoms with Gasteiger partial charge in [0.05, 0.1) is 0 Å². The van der Waals surface area contributed by atoms with Crippen LogP contribution in [0.25, 0.3) is 0 Å². The molecule has 0 saturated heterocycles. The van der Waals surface area contributed by atoms with Crippen molar-refractivity contribution in [2.45, 2.75) is 20.3 Å². The Balaban J connectivity index is 2.29. The molecule has 4 heteroatoms. The van der Waals surface area contributed by atoms with E-state index in [4.69, 9.17) is 0 Å². The molecular weight excluding hydrogens is 205 g/mol. The highest BCUT2D eigenvalue weighted by Crippen LogP contribution is 2.02. The first-order valence-electron chi connectivity index (χ1n) is 5.85. The quantitative estimate of drug-likeness (QED) is 0.722. The zero-order valence-corrected chi connectivity index (χ0v) is 10.0. The van der Waals surface area contributed by atoms with Gasteiger partial charge in [0, 0.05) is 13.1 Å². The Morgan fingerprint density at radius 1 is 1.31 bits per heavy atom. The SMILES string of the molecule is CCCN(CC)CCNc1cccc(F)n1. The number of halogens is 1. The van der Waals surface area contributed by atoms with Crippen LogP contribution in [0, 0.1) is 5.95 Å². The molecule has 0 aliphatic rings. The van der Waals surface area contributed by atoms with Crippen molar-refractivity contribution in [2.75, 3.05) is 31.5 Å². The molecule has 3 nitrogen and oxygen atoms in total. The molecule has 1 heterocycles. The molecule has 0 aromatic carbocycles. The number of aromatic nitrogens is 1. The molecular formula is C12H20FN3. The van der Waals surface area contributed by atoms with Gasteiger partial charge in [0.2, 0.25) is 5.95 Å². The third kappa shape index (κ3) is 4.57. The van der Waals surface area contributed by atoms with Crippen LogP contribution >= 0.6 is 0 Å². The number of pyridine rings is 1. The molecule has 0 fully saturated rings. The van der Waals surface area contributed by atoms with Gasteiger partial charge in [-0.3, -0.25) is 0 Å². The zero-order valence-electron chi connectivity index (χ0n) is 10.0. The minimum Gasteiger partial charge on any atom is -0.369 e. The van der Waals surface area contributed by atoms with Crippen LogP contribution in [0.15, 0.2) is 18.2 Å². The maximum atomic E-state index is 12.8. The fourth-order valence-corrected chi connectivity index (χ4v) is 1.59. The van der Waals surface area contributed by atoms with E-state index in [-0.39, 0.29) is 0 Å². The van der Waals surface area contributed by atoms with Crippen LogP contribution in [-0.4, -0.2) is 36.1 Å². The molecule has 0 saturated carbocycles. The molecule has 0 aliphatic heterocycles. The van der Waals surface area contributed by atoms with E-state index in [1.165, 1.54) is 6.07 Å². The lowest BCUT2D eigenvalue weighted by Gasteiger charge is -2.19. The topological polar surface area (TPSA) is 28.2 Å². The first-order valence-corrected chi connectivity index (χ1v) is 5.85.